The van der Waals surface area contributed by atoms with E-state index in [9.17, 15) is 0 Å². The fourth-order valence-corrected chi connectivity index (χ4v) is 2.14. The van der Waals surface area contributed by atoms with E-state index in [-0.39, 0.29) is 0 Å². The molecule has 0 fully saturated rings. The number of benzene rings is 1. The van der Waals surface area contributed by atoms with Gasteiger partial charge in [-0.3, -0.25) is 0 Å². The molecule has 1 aromatic carbocycles. The SMILES string of the molecule is Cc1cccc(Cn2ncc3c(Cl)ncnc32)c1. The lowest BCUT2D eigenvalue weighted by molar-refractivity contribution is 0.703. The second-order valence-corrected chi connectivity index (χ2v) is 4.55. The molecule has 2 aromatic heterocycles. The largest absolute Gasteiger partial charge is 0.243 e. The van der Waals surface area contributed by atoms with Crippen LogP contribution in [0.1, 0.15) is 11.1 Å². The van der Waals surface area contributed by atoms with E-state index < -0.39 is 0 Å². The second-order valence-electron chi connectivity index (χ2n) is 4.19. The van der Waals surface area contributed by atoms with Crippen LogP contribution < -0.4 is 0 Å². The molecule has 0 saturated carbocycles. The maximum atomic E-state index is 5.99. The minimum absolute atomic E-state index is 0.440. The molecule has 0 aliphatic carbocycles. The van der Waals surface area contributed by atoms with Crippen molar-refractivity contribution in [2.75, 3.05) is 0 Å². The van der Waals surface area contributed by atoms with Gasteiger partial charge in [-0.15, -0.1) is 0 Å². The second kappa shape index (κ2) is 4.38. The Balaban J connectivity index is 2.03. The Morgan fingerprint density at radius 2 is 2.17 bits per heavy atom. The predicted molar refractivity (Wildman–Crippen MR) is 70.6 cm³/mol. The number of fused-ring (bicyclic) bond motifs is 1. The number of rotatable bonds is 2. The molecule has 0 unspecified atom stereocenters. The van der Waals surface area contributed by atoms with Crippen molar-refractivity contribution < 1.29 is 0 Å². The minimum atomic E-state index is 0.440. The maximum Gasteiger partial charge on any atom is 0.162 e. The Bertz CT molecular complexity index is 705. The van der Waals surface area contributed by atoms with Gasteiger partial charge in [0, 0.05) is 0 Å². The molecule has 3 rings (SSSR count). The van der Waals surface area contributed by atoms with Crippen molar-refractivity contribution in [3.8, 4) is 0 Å². The number of hydrogen-bond acceptors (Lipinski definition) is 3. The van der Waals surface area contributed by atoms with Crippen molar-refractivity contribution in [3.63, 3.8) is 0 Å². The highest BCUT2D eigenvalue weighted by Crippen LogP contribution is 2.19. The first-order valence-corrected chi connectivity index (χ1v) is 5.99. The van der Waals surface area contributed by atoms with E-state index in [4.69, 9.17) is 11.6 Å². The molecule has 0 amide bonds. The fourth-order valence-electron chi connectivity index (χ4n) is 1.96. The maximum absolute atomic E-state index is 5.99. The summed E-state index contributed by atoms with van der Waals surface area (Å²) >= 11 is 5.99. The lowest BCUT2D eigenvalue weighted by Crippen LogP contribution is -2.02. The molecule has 0 N–H and O–H groups in total. The van der Waals surface area contributed by atoms with Gasteiger partial charge >= 0.3 is 0 Å². The van der Waals surface area contributed by atoms with Crippen LogP contribution in [0.5, 0.6) is 0 Å². The van der Waals surface area contributed by atoms with Crippen LogP contribution in [0.25, 0.3) is 11.0 Å². The lowest BCUT2D eigenvalue weighted by Gasteiger charge is -2.04. The molecule has 0 atom stereocenters. The summed E-state index contributed by atoms with van der Waals surface area (Å²) in [5.74, 6) is 0. The number of halogens is 1. The van der Waals surface area contributed by atoms with Crippen LogP contribution in [0.3, 0.4) is 0 Å². The molecule has 0 spiro atoms. The topological polar surface area (TPSA) is 43.6 Å². The summed E-state index contributed by atoms with van der Waals surface area (Å²) in [7, 11) is 0. The van der Waals surface area contributed by atoms with Crippen molar-refractivity contribution in [1.82, 2.24) is 19.7 Å². The van der Waals surface area contributed by atoms with Crippen LogP contribution in [0.2, 0.25) is 5.15 Å². The third-order valence-electron chi connectivity index (χ3n) is 2.80. The molecule has 4 nitrogen and oxygen atoms in total. The monoisotopic (exact) mass is 258 g/mol. The van der Waals surface area contributed by atoms with E-state index in [1.165, 1.54) is 17.5 Å². The van der Waals surface area contributed by atoms with Gasteiger partial charge in [0.15, 0.2) is 5.65 Å². The summed E-state index contributed by atoms with van der Waals surface area (Å²) in [6.07, 6.45) is 3.16. The van der Waals surface area contributed by atoms with Crippen molar-refractivity contribution in [2.24, 2.45) is 0 Å². The molecule has 3 aromatic rings. The molecule has 5 heteroatoms. The summed E-state index contributed by atoms with van der Waals surface area (Å²) in [5.41, 5.74) is 3.18. The first kappa shape index (κ1) is 11.2. The first-order chi connectivity index (χ1) is 8.74. The molecular weight excluding hydrogens is 248 g/mol. The van der Waals surface area contributed by atoms with Gasteiger partial charge in [0.05, 0.1) is 18.1 Å². The quantitative estimate of drug-likeness (QED) is 0.664. The Labute approximate surface area is 109 Å². The molecule has 0 bridgehead atoms. The summed E-state index contributed by atoms with van der Waals surface area (Å²) in [4.78, 5) is 8.17. The van der Waals surface area contributed by atoms with Crippen molar-refractivity contribution in [2.45, 2.75) is 13.5 Å². The number of aromatic nitrogens is 4. The Morgan fingerprint density at radius 1 is 1.28 bits per heavy atom. The number of nitrogens with zero attached hydrogens (tertiary/aromatic N) is 4. The van der Waals surface area contributed by atoms with Crippen molar-refractivity contribution >= 4 is 22.6 Å². The van der Waals surface area contributed by atoms with E-state index in [0.717, 1.165) is 11.0 Å². The van der Waals surface area contributed by atoms with E-state index in [1.807, 2.05) is 10.7 Å². The standard InChI is InChI=1S/C13H11ClN4/c1-9-3-2-4-10(5-9)7-18-13-11(6-17-18)12(14)15-8-16-13/h2-6,8H,7H2,1H3. The molecular formula is C13H11ClN4. The smallest absolute Gasteiger partial charge is 0.162 e. The third kappa shape index (κ3) is 1.95. The highest BCUT2D eigenvalue weighted by Gasteiger charge is 2.08. The highest BCUT2D eigenvalue weighted by atomic mass is 35.5. The predicted octanol–water partition coefficient (Wildman–Crippen LogP) is 2.84. The summed E-state index contributed by atoms with van der Waals surface area (Å²) < 4.78 is 1.83. The molecule has 0 aliphatic heterocycles. The fraction of sp³-hybridized carbons (Fsp3) is 0.154. The molecule has 2 heterocycles. The molecule has 0 aliphatic rings. The average molecular weight is 259 g/mol. The van der Waals surface area contributed by atoms with Gasteiger partial charge in [-0.1, -0.05) is 41.4 Å². The summed E-state index contributed by atoms with van der Waals surface area (Å²) in [6.45, 7) is 2.75. The van der Waals surface area contributed by atoms with Gasteiger partial charge in [0.25, 0.3) is 0 Å². The van der Waals surface area contributed by atoms with Crippen molar-refractivity contribution in [1.29, 1.82) is 0 Å². The van der Waals surface area contributed by atoms with Gasteiger partial charge in [-0.2, -0.15) is 5.10 Å². The first-order valence-electron chi connectivity index (χ1n) is 5.61. The van der Waals surface area contributed by atoms with E-state index >= 15 is 0 Å². The molecule has 0 saturated heterocycles. The number of hydrogen-bond donors (Lipinski definition) is 0. The number of aryl methyl sites for hydroxylation is 1. The van der Waals surface area contributed by atoms with E-state index in [0.29, 0.717) is 11.7 Å². The van der Waals surface area contributed by atoms with Crippen LogP contribution in [0, 0.1) is 6.92 Å². The van der Waals surface area contributed by atoms with E-state index in [1.54, 1.807) is 6.20 Å². The normalized spacial score (nSPS) is 11.0. The van der Waals surface area contributed by atoms with Crippen LogP contribution in [0.15, 0.2) is 36.8 Å². The van der Waals surface area contributed by atoms with Gasteiger partial charge < -0.3 is 0 Å². The summed E-state index contributed by atoms with van der Waals surface area (Å²) in [5, 5.41) is 5.54. The van der Waals surface area contributed by atoms with Crippen LogP contribution in [-0.4, -0.2) is 19.7 Å². The third-order valence-corrected chi connectivity index (χ3v) is 3.10. The zero-order chi connectivity index (χ0) is 12.5. The Hall–Kier alpha value is -1.94. The zero-order valence-corrected chi connectivity index (χ0v) is 10.6. The molecule has 0 radical (unpaired) electrons. The lowest BCUT2D eigenvalue weighted by atomic mass is 10.1. The van der Waals surface area contributed by atoms with Crippen LogP contribution >= 0.6 is 11.6 Å². The molecule has 90 valence electrons. The van der Waals surface area contributed by atoms with Gasteiger partial charge in [-0.05, 0) is 12.5 Å². The van der Waals surface area contributed by atoms with E-state index in [2.05, 4.69) is 40.2 Å². The highest BCUT2D eigenvalue weighted by molar-refractivity contribution is 6.33. The average Bonchev–Trinajstić information content (AvgIpc) is 2.74. The van der Waals surface area contributed by atoms with Crippen LogP contribution in [0.4, 0.5) is 0 Å². The van der Waals surface area contributed by atoms with Crippen molar-refractivity contribution in [3.05, 3.63) is 53.1 Å². The summed E-state index contributed by atoms with van der Waals surface area (Å²) in [6, 6.07) is 8.32. The Kier molecular flexibility index (Phi) is 2.72. The zero-order valence-electron chi connectivity index (χ0n) is 9.84. The van der Waals surface area contributed by atoms with Crippen LogP contribution in [-0.2, 0) is 6.54 Å². The van der Waals surface area contributed by atoms with Gasteiger partial charge in [0.1, 0.15) is 11.5 Å². The molecule has 18 heavy (non-hydrogen) atoms. The van der Waals surface area contributed by atoms with Gasteiger partial charge in [0.2, 0.25) is 0 Å². The minimum Gasteiger partial charge on any atom is -0.243 e. The van der Waals surface area contributed by atoms with Gasteiger partial charge in [-0.25, -0.2) is 14.6 Å². The Morgan fingerprint density at radius 3 is 3.00 bits per heavy atom.